The molecule has 31 heavy (non-hydrogen) atoms. The Kier molecular flexibility index (Phi) is 6.34. The van der Waals surface area contributed by atoms with Crippen LogP contribution in [0, 0.1) is 0 Å². The molecule has 0 saturated carbocycles. The van der Waals surface area contributed by atoms with Gasteiger partial charge in [0.1, 0.15) is 11.6 Å². The zero-order valence-corrected chi connectivity index (χ0v) is 17.8. The SMILES string of the molecule is CCOc1ccc(Nc2cc(C(=O)NCc3ccc(Cl)cc3)c3ccccc3n2)cc1. The first-order valence-electron chi connectivity index (χ1n) is 10.0. The Morgan fingerprint density at radius 3 is 2.48 bits per heavy atom. The lowest BCUT2D eigenvalue weighted by atomic mass is 10.1. The molecule has 4 rings (SSSR count). The third kappa shape index (κ3) is 5.13. The van der Waals surface area contributed by atoms with E-state index in [0.29, 0.717) is 29.6 Å². The van der Waals surface area contributed by atoms with Gasteiger partial charge in [0.15, 0.2) is 0 Å². The van der Waals surface area contributed by atoms with Crippen LogP contribution in [0.4, 0.5) is 11.5 Å². The molecule has 6 heteroatoms. The summed E-state index contributed by atoms with van der Waals surface area (Å²) in [5.41, 5.74) is 3.14. The third-order valence-corrected chi connectivity index (χ3v) is 5.02. The number of amides is 1. The molecule has 4 aromatic rings. The first-order chi connectivity index (χ1) is 15.1. The highest BCUT2D eigenvalue weighted by atomic mass is 35.5. The first-order valence-corrected chi connectivity index (χ1v) is 10.4. The second kappa shape index (κ2) is 9.49. The second-order valence-electron chi connectivity index (χ2n) is 6.96. The summed E-state index contributed by atoms with van der Waals surface area (Å²) in [6, 6.07) is 24.4. The monoisotopic (exact) mass is 431 g/mol. The molecule has 3 aromatic carbocycles. The van der Waals surface area contributed by atoms with Gasteiger partial charge >= 0.3 is 0 Å². The molecule has 1 heterocycles. The predicted octanol–water partition coefficient (Wildman–Crippen LogP) is 5.96. The molecule has 1 aromatic heterocycles. The molecule has 0 saturated heterocycles. The fourth-order valence-corrected chi connectivity index (χ4v) is 3.38. The van der Waals surface area contributed by atoms with Crippen molar-refractivity contribution in [2.45, 2.75) is 13.5 Å². The Morgan fingerprint density at radius 2 is 1.74 bits per heavy atom. The molecule has 5 nitrogen and oxygen atoms in total. The Balaban J connectivity index is 1.58. The molecule has 0 aliphatic rings. The molecule has 156 valence electrons. The molecule has 0 aliphatic heterocycles. The van der Waals surface area contributed by atoms with E-state index in [1.54, 1.807) is 6.07 Å². The molecular weight excluding hydrogens is 410 g/mol. The fraction of sp³-hybridized carbons (Fsp3) is 0.120. The molecule has 0 radical (unpaired) electrons. The number of pyridine rings is 1. The Labute approximate surface area is 186 Å². The van der Waals surface area contributed by atoms with Gasteiger partial charge in [-0.15, -0.1) is 0 Å². The van der Waals surface area contributed by atoms with Crippen LogP contribution >= 0.6 is 11.6 Å². The van der Waals surface area contributed by atoms with Crippen molar-refractivity contribution in [3.05, 3.63) is 95.0 Å². The van der Waals surface area contributed by atoms with Crippen LogP contribution in [0.25, 0.3) is 10.9 Å². The van der Waals surface area contributed by atoms with Crippen LogP contribution in [0.1, 0.15) is 22.8 Å². The van der Waals surface area contributed by atoms with Crippen molar-refractivity contribution in [3.8, 4) is 5.75 Å². The summed E-state index contributed by atoms with van der Waals surface area (Å²) < 4.78 is 5.49. The van der Waals surface area contributed by atoms with E-state index in [0.717, 1.165) is 27.9 Å². The van der Waals surface area contributed by atoms with Gasteiger partial charge in [-0.25, -0.2) is 4.98 Å². The molecule has 1 amide bonds. The number of ether oxygens (including phenoxy) is 1. The minimum Gasteiger partial charge on any atom is -0.494 e. The zero-order chi connectivity index (χ0) is 21.6. The fourth-order valence-electron chi connectivity index (χ4n) is 3.26. The first kappa shape index (κ1) is 20.7. The van der Waals surface area contributed by atoms with E-state index in [1.165, 1.54) is 0 Å². The third-order valence-electron chi connectivity index (χ3n) is 4.76. The summed E-state index contributed by atoms with van der Waals surface area (Å²) in [5.74, 6) is 1.24. The van der Waals surface area contributed by atoms with Gasteiger partial charge in [0.2, 0.25) is 0 Å². The Bertz CT molecular complexity index is 1190. The average Bonchev–Trinajstić information content (AvgIpc) is 2.79. The van der Waals surface area contributed by atoms with Crippen LogP contribution in [-0.2, 0) is 6.54 Å². The highest BCUT2D eigenvalue weighted by molar-refractivity contribution is 6.30. The number of carbonyl (C=O) groups is 1. The summed E-state index contributed by atoms with van der Waals surface area (Å²) in [5, 5.41) is 7.73. The number of para-hydroxylation sites is 1. The summed E-state index contributed by atoms with van der Waals surface area (Å²) >= 11 is 5.94. The minimum absolute atomic E-state index is 0.164. The molecule has 0 aliphatic carbocycles. The molecule has 0 atom stereocenters. The van der Waals surface area contributed by atoms with Crippen molar-refractivity contribution in [1.82, 2.24) is 10.3 Å². The van der Waals surface area contributed by atoms with Crippen molar-refractivity contribution in [3.63, 3.8) is 0 Å². The van der Waals surface area contributed by atoms with E-state index in [4.69, 9.17) is 16.3 Å². The maximum atomic E-state index is 13.0. The van der Waals surface area contributed by atoms with Crippen molar-refractivity contribution < 1.29 is 9.53 Å². The lowest BCUT2D eigenvalue weighted by molar-refractivity contribution is 0.0952. The van der Waals surface area contributed by atoms with Crippen LogP contribution in [-0.4, -0.2) is 17.5 Å². The van der Waals surface area contributed by atoms with E-state index in [9.17, 15) is 4.79 Å². The van der Waals surface area contributed by atoms with E-state index in [1.807, 2.05) is 79.7 Å². The van der Waals surface area contributed by atoms with E-state index in [-0.39, 0.29) is 5.91 Å². The smallest absolute Gasteiger partial charge is 0.252 e. The number of nitrogens with one attached hydrogen (secondary N) is 2. The van der Waals surface area contributed by atoms with Crippen LogP contribution in [0.5, 0.6) is 5.75 Å². The number of rotatable bonds is 7. The largest absolute Gasteiger partial charge is 0.494 e. The molecule has 0 fully saturated rings. The van der Waals surface area contributed by atoms with Gasteiger partial charge in [0.25, 0.3) is 5.91 Å². The van der Waals surface area contributed by atoms with E-state index in [2.05, 4.69) is 15.6 Å². The van der Waals surface area contributed by atoms with Crippen LogP contribution in [0.2, 0.25) is 5.02 Å². The molecule has 0 spiro atoms. The predicted molar refractivity (Wildman–Crippen MR) is 125 cm³/mol. The number of benzene rings is 3. The van der Waals surface area contributed by atoms with E-state index >= 15 is 0 Å². The van der Waals surface area contributed by atoms with Crippen molar-refractivity contribution in [1.29, 1.82) is 0 Å². The van der Waals surface area contributed by atoms with Gasteiger partial charge in [0, 0.05) is 22.6 Å². The highest BCUT2D eigenvalue weighted by Gasteiger charge is 2.13. The minimum atomic E-state index is -0.164. The summed E-state index contributed by atoms with van der Waals surface area (Å²) in [7, 11) is 0. The Morgan fingerprint density at radius 1 is 1.00 bits per heavy atom. The van der Waals surface area contributed by atoms with Crippen molar-refractivity contribution >= 4 is 39.9 Å². The number of hydrogen-bond donors (Lipinski definition) is 2. The van der Waals surface area contributed by atoms with Gasteiger partial charge in [-0.2, -0.15) is 0 Å². The van der Waals surface area contributed by atoms with Gasteiger partial charge < -0.3 is 15.4 Å². The van der Waals surface area contributed by atoms with Gasteiger partial charge in [-0.1, -0.05) is 41.9 Å². The topological polar surface area (TPSA) is 63.2 Å². The molecule has 0 bridgehead atoms. The summed E-state index contributed by atoms with van der Waals surface area (Å²) in [6.07, 6.45) is 0. The van der Waals surface area contributed by atoms with Crippen LogP contribution in [0.3, 0.4) is 0 Å². The number of carbonyl (C=O) groups excluding carboxylic acids is 1. The number of halogens is 1. The van der Waals surface area contributed by atoms with Gasteiger partial charge in [-0.3, -0.25) is 4.79 Å². The van der Waals surface area contributed by atoms with Crippen LogP contribution in [0.15, 0.2) is 78.9 Å². The number of hydrogen-bond acceptors (Lipinski definition) is 4. The lowest BCUT2D eigenvalue weighted by Crippen LogP contribution is -2.23. The normalized spacial score (nSPS) is 10.6. The average molecular weight is 432 g/mol. The number of aromatic nitrogens is 1. The molecule has 2 N–H and O–H groups in total. The molecular formula is C25H22ClN3O2. The number of anilines is 2. The van der Waals surface area contributed by atoms with Gasteiger partial charge in [0.05, 0.1) is 17.7 Å². The summed E-state index contributed by atoms with van der Waals surface area (Å²) in [4.78, 5) is 17.7. The maximum absolute atomic E-state index is 13.0. The molecule has 0 unspecified atom stereocenters. The quantitative estimate of drug-likeness (QED) is 0.379. The zero-order valence-electron chi connectivity index (χ0n) is 17.1. The number of fused-ring (bicyclic) bond motifs is 1. The van der Waals surface area contributed by atoms with Gasteiger partial charge in [-0.05, 0) is 61.0 Å². The van der Waals surface area contributed by atoms with Crippen molar-refractivity contribution in [2.24, 2.45) is 0 Å². The maximum Gasteiger partial charge on any atom is 0.252 e. The highest BCUT2D eigenvalue weighted by Crippen LogP contribution is 2.24. The lowest BCUT2D eigenvalue weighted by Gasteiger charge is -2.12. The Hall–Kier alpha value is -3.57. The second-order valence-corrected chi connectivity index (χ2v) is 7.40. The summed E-state index contributed by atoms with van der Waals surface area (Å²) in [6.45, 7) is 2.98. The standard InChI is InChI=1S/C25H22ClN3O2/c1-2-31-20-13-11-19(12-14-20)28-24-15-22(21-5-3-4-6-23(21)29-24)25(30)27-16-17-7-9-18(26)10-8-17/h3-15H,2,16H2,1H3,(H,27,30)(H,28,29). The van der Waals surface area contributed by atoms with Crippen molar-refractivity contribution in [2.75, 3.05) is 11.9 Å². The van der Waals surface area contributed by atoms with Crippen LogP contribution < -0.4 is 15.4 Å². The number of nitrogens with zero attached hydrogens (tertiary/aromatic N) is 1. The van der Waals surface area contributed by atoms with E-state index < -0.39 is 0 Å².